The van der Waals surface area contributed by atoms with Crippen LogP contribution in [-0.4, -0.2) is 45.3 Å². The molecule has 128 valence electrons. The third kappa shape index (κ3) is 3.75. The number of carbonyl (C=O) groups excluding carboxylic acids is 1. The highest BCUT2D eigenvalue weighted by Gasteiger charge is 2.26. The second-order valence-corrected chi connectivity index (χ2v) is 6.32. The van der Waals surface area contributed by atoms with Gasteiger partial charge < -0.3 is 14.2 Å². The molecule has 1 aromatic carbocycles. The highest BCUT2D eigenvalue weighted by atomic mass is 16.5. The van der Waals surface area contributed by atoms with Crippen LogP contribution in [0.25, 0.3) is 0 Å². The Bertz CT molecular complexity index is 690. The number of aryl methyl sites for hydroxylation is 2. The number of hydrogen-bond donors (Lipinski definition) is 0. The Balaban J connectivity index is 1.44. The number of nitrogens with zero attached hydrogens (tertiary/aromatic N) is 4. The first-order chi connectivity index (χ1) is 11.6. The normalized spacial score (nSPS) is 15.5. The molecule has 0 unspecified atom stereocenters. The van der Waals surface area contributed by atoms with Crippen molar-refractivity contribution >= 4 is 5.91 Å². The lowest BCUT2D eigenvalue weighted by Gasteiger charge is -2.31. The maximum atomic E-state index is 12.3. The summed E-state index contributed by atoms with van der Waals surface area (Å²) in [5.74, 6) is 2.43. The fourth-order valence-electron chi connectivity index (χ4n) is 3.17. The van der Waals surface area contributed by atoms with Gasteiger partial charge in [-0.1, -0.05) is 18.2 Å². The Morgan fingerprint density at radius 2 is 2.04 bits per heavy atom. The Kier molecular flexibility index (Phi) is 5.13. The van der Waals surface area contributed by atoms with Gasteiger partial charge in [0.2, 0.25) is 5.91 Å². The molecule has 0 aliphatic carbocycles. The average Bonchev–Trinajstić information content (AvgIpc) is 3.03. The quantitative estimate of drug-likeness (QED) is 0.845. The smallest absolute Gasteiger partial charge is 0.225 e. The van der Waals surface area contributed by atoms with Crippen LogP contribution in [0, 0.1) is 6.92 Å². The second kappa shape index (κ2) is 7.47. The summed E-state index contributed by atoms with van der Waals surface area (Å²) < 4.78 is 7.70. The fraction of sp³-hybridized carbons (Fsp3) is 0.500. The molecule has 2 aromatic rings. The van der Waals surface area contributed by atoms with Crippen LogP contribution in [0.2, 0.25) is 0 Å². The number of likely N-dealkylation sites (tertiary alicyclic amines) is 1. The van der Waals surface area contributed by atoms with E-state index in [4.69, 9.17) is 4.74 Å². The SMILES string of the molecule is Cc1ccccc1OCCC(=O)N1CCC(c2nncn2C)CC1. The minimum absolute atomic E-state index is 0.167. The fourth-order valence-corrected chi connectivity index (χ4v) is 3.17. The van der Waals surface area contributed by atoms with Gasteiger partial charge >= 0.3 is 0 Å². The number of aromatic nitrogens is 3. The van der Waals surface area contributed by atoms with Crippen molar-refractivity contribution < 1.29 is 9.53 Å². The summed E-state index contributed by atoms with van der Waals surface area (Å²) in [6, 6.07) is 7.87. The Morgan fingerprint density at radius 3 is 2.71 bits per heavy atom. The molecule has 1 aliphatic rings. The standard InChI is InChI=1S/C18H24N4O2/c1-14-5-3-4-6-16(14)24-12-9-17(23)22-10-7-15(8-11-22)18-20-19-13-21(18)2/h3-6,13,15H,7-12H2,1-2H3. The van der Waals surface area contributed by atoms with Crippen molar-refractivity contribution in [1.29, 1.82) is 0 Å². The van der Waals surface area contributed by atoms with Gasteiger partial charge in [-0.25, -0.2) is 0 Å². The third-order valence-electron chi connectivity index (χ3n) is 4.63. The summed E-state index contributed by atoms with van der Waals surface area (Å²) in [5.41, 5.74) is 1.09. The summed E-state index contributed by atoms with van der Waals surface area (Å²) in [4.78, 5) is 14.3. The molecule has 1 fully saturated rings. The largest absolute Gasteiger partial charge is 0.493 e. The van der Waals surface area contributed by atoms with Gasteiger partial charge in [0.05, 0.1) is 13.0 Å². The van der Waals surface area contributed by atoms with E-state index in [1.165, 1.54) is 0 Å². The van der Waals surface area contributed by atoms with Gasteiger partial charge in [-0.15, -0.1) is 10.2 Å². The van der Waals surface area contributed by atoms with Gasteiger partial charge in [-0.3, -0.25) is 4.79 Å². The number of carbonyl (C=O) groups is 1. The van der Waals surface area contributed by atoms with E-state index in [2.05, 4.69) is 10.2 Å². The van der Waals surface area contributed by atoms with Crippen molar-refractivity contribution in [3.05, 3.63) is 42.0 Å². The Morgan fingerprint density at radius 1 is 1.29 bits per heavy atom. The van der Waals surface area contributed by atoms with E-state index in [0.29, 0.717) is 18.9 Å². The first-order valence-corrected chi connectivity index (χ1v) is 8.45. The molecule has 6 heteroatoms. The van der Waals surface area contributed by atoms with E-state index in [-0.39, 0.29) is 5.91 Å². The highest BCUT2D eigenvalue weighted by molar-refractivity contribution is 5.76. The van der Waals surface area contributed by atoms with Gasteiger partial charge in [-0.05, 0) is 31.4 Å². The topological polar surface area (TPSA) is 60.2 Å². The van der Waals surface area contributed by atoms with E-state index >= 15 is 0 Å². The number of ether oxygens (including phenoxy) is 1. The van der Waals surface area contributed by atoms with Crippen molar-refractivity contribution in [2.45, 2.75) is 32.1 Å². The molecule has 2 heterocycles. The molecule has 1 amide bonds. The van der Waals surface area contributed by atoms with E-state index in [1.54, 1.807) is 6.33 Å². The van der Waals surface area contributed by atoms with Gasteiger partial charge in [0.1, 0.15) is 17.9 Å². The summed E-state index contributed by atoms with van der Waals surface area (Å²) in [6.07, 6.45) is 4.03. The van der Waals surface area contributed by atoms with Crippen LogP contribution >= 0.6 is 0 Å². The summed E-state index contributed by atoms with van der Waals surface area (Å²) in [5, 5.41) is 8.13. The van der Waals surface area contributed by atoms with Crippen molar-refractivity contribution in [2.24, 2.45) is 7.05 Å². The van der Waals surface area contributed by atoms with Crippen molar-refractivity contribution in [3.63, 3.8) is 0 Å². The van der Waals surface area contributed by atoms with Crippen molar-refractivity contribution in [1.82, 2.24) is 19.7 Å². The molecule has 3 rings (SSSR count). The zero-order valence-corrected chi connectivity index (χ0v) is 14.3. The number of hydrogen-bond acceptors (Lipinski definition) is 4. The van der Waals surface area contributed by atoms with E-state index in [1.807, 2.05) is 47.7 Å². The molecule has 0 atom stereocenters. The molecular weight excluding hydrogens is 304 g/mol. The van der Waals surface area contributed by atoms with Crippen LogP contribution in [0.3, 0.4) is 0 Å². The lowest BCUT2D eigenvalue weighted by molar-refractivity contribution is -0.132. The number of amides is 1. The van der Waals surface area contributed by atoms with Crippen molar-refractivity contribution in [2.75, 3.05) is 19.7 Å². The van der Waals surface area contributed by atoms with Crippen LogP contribution in [0.15, 0.2) is 30.6 Å². The van der Waals surface area contributed by atoms with Gasteiger partial charge in [0.15, 0.2) is 0 Å². The zero-order valence-electron chi connectivity index (χ0n) is 14.3. The third-order valence-corrected chi connectivity index (χ3v) is 4.63. The average molecular weight is 328 g/mol. The van der Waals surface area contributed by atoms with E-state index < -0.39 is 0 Å². The minimum Gasteiger partial charge on any atom is -0.493 e. The minimum atomic E-state index is 0.167. The van der Waals surface area contributed by atoms with Crippen LogP contribution < -0.4 is 4.74 Å². The zero-order chi connectivity index (χ0) is 16.9. The molecule has 0 radical (unpaired) electrons. The Labute approximate surface area is 142 Å². The number of piperidine rings is 1. The van der Waals surface area contributed by atoms with Crippen LogP contribution in [-0.2, 0) is 11.8 Å². The van der Waals surface area contributed by atoms with E-state index in [9.17, 15) is 4.79 Å². The van der Waals surface area contributed by atoms with Crippen molar-refractivity contribution in [3.8, 4) is 5.75 Å². The molecule has 1 saturated heterocycles. The summed E-state index contributed by atoms with van der Waals surface area (Å²) in [7, 11) is 1.97. The molecule has 1 aliphatic heterocycles. The van der Waals surface area contributed by atoms with Crippen LogP contribution in [0.5, 0.6) is 5.75 Å². The van der Waals surface area contributed by atoms with Gasteiger partial charge in [0.25, 0.3) is 0 Å². The maximum absolute atomic E-state index is 12.3. The molecular formula is C18H24N4O2. The number of para-hydroxylation sites is 1. The van der Waals surface area contributed by atoms with Gasteiger partial charge in [-0.2, -0.15) is 0 Å². The second-order valence-electron chi connectivity index (χ2n) is 6.32. The Hall–Kier alpha value is -2.37. The van der Waals surface area contributed by atoms with Crippen LogP contribution in [0.4, 0.5) is 0 Å². The van der Waals surface area contributed by atoms with Crippen LogP contribution in [0.1, 0.15) is 36.6 Å². The predicted molar refractivity (Wildman–Crippen MR) is 90.8 cm³/mol. The first kappa shape index (κ1) is 16.5. The molecule has 0 N–H and O–H groups in total. The predicted octanol–water partition coefficient (Wildman–Crippen LogP) is 2.30. The molecule has 6 nitrogen and oxygen atoms in total. The first-order valence-electron chi connectivity index (χ1n) is 8.45. The molecule has 0 saturated carbocycles. The highest BCUT2D eigenvalue weighted by Crippen LogP contribution is 2.26. The lowest BCUT2D eigenvalue weighted by Crippen LogP contribution is -2.38. The van der Waals surface area contributed by atoms with Gasteiger partial charge in [0, 0.05) is 26.1 Å². The molecule has 24 heavy (non-hydrogen) atoms. The number of rotatable bonds is 5. The molecule has 1 aromatic heterocycles. The molecule has 0 spiro atoms. The molecule has 0 bridgehead atoms. The lowest BCUT2D eigenvalue weighted by atomic mass is 9.96. The summed E-state index contributed by atoms with van der Waals surface area (Å²) in [6.45, 7) is 3.99. The van der Waals surface area contributed by atoms with E-state index in [0.717, 1.165) is 43.1 Å². The summed E-state index contributed by atoms with van der Waals surface area (Å²) >= 11 is 0. The maximum Gasteiger partial charge on any atom is 0.225 e. The monoisotopic (exact) mass is 328 g/mol. The number of benzene rings is 1.